The molecule has 3 N–H and O–H groups in total. The first-order chi connectivity index (χ1) is 10.6. The Balaban J connectivity index is 1.89. The molecule has 0 atom stereocenters. The van der Waals surface area contributed by atoms with Gasteiger partial charge < -0.3 is 10.2 Å². The first kappa shape index (κ1) is 14.3. The van der Waals surface area contributed by atoms with Gasteiger partial charge in [-0.3, -0.25) is 5.43 Å². The molecule has 0 radical (unpaired) electrons. The van der Waals surface area contributed by atoms with E-state index in [1.807, 2.05) is 13.8 Å². The Bertz CT molecular complexity index is 873. The van der Waals surface area contributed by atoms with E-state index in [4.69, 9.17) is 0 Å². The maximum Gasteiger partial charge on any atom is 0.158 e. The average molecular weight is 314 g/mol. The summed E-state index contributed by atoms with van der Waals surface area (Å²) in [4.78, 5) is 10.6. The third-order valence-electron chi connectivity index (χ3n) is 3.35. The summed E-state index contributed by atoms with van der Waals surface area (Å²) >= 11 is 1.62. The highest BCUT2D eigenvalue weighted by Gasteiger charge is 2.11. The van der Waals surface area contributed by atoms with E-state index in [-0.39, 0.29) is 11.5 Å². The predicted molar refractivity (Wildman–Crippen MR) is 87.9 cm³/mol. The molecule has 0 amide bonds. The molecule has 0 saturated heterocycles. The van der Waals surface area contributed by atoms with E-state index in [1.165, 1.54) is 29.6 Å². The molecule has 3 rings (SSSR count). The largest absolute Gasteiger partial charge is 0.508 e. The molecule has 0 aliphatic rings. The van der Waals surface area contributed by atoms with Crippen molar-refractivity contribution >= 4 is 33.6 Å². The van der Waals surface area contributed by atoms with Crippen molar-refractivity contribution in [1.29, 1.82) is 0 Å². The number of aromatic hydroxyl groups is 2. The second-order valence-corrected chi connectivity index (χ2v) is 6.00. The number of rotatable bonds is 3. The van der Waals surface area contributed by atoms with Gasteiger partial charge in [0.25, 0.3) is 0 Å². The van der Waals surface area contributed by atoms with Crippen LogP contribution in [0.3, 0.4) is 0 Å². The molecule has 2 heterocycles. The number of phenolic OH excluding ortho intramolecular Hbond substituents is 2. The van der Waals surface area contributed by atoms with Crippen LogP contribution in [-0.4, -0.2) is 26.4 Å². The third kappa shape index (κ3) is 2.58. The van der Waals surface area contributed by atoms with Crippen LogP contribution in [0, 0.1) is 13.8 Å². The van der Waals surface area contributed by atoms with Gasteiger partial charge in [-0.2, -0.15) is 5.10 Å². The second-order valence-electron chi connectivity index (χ2n) is 4.80. The summed E-state index contributed by atoms with van der Waals surface area (Å²) < 4.78 is 0. The Morgan fingerprint density at radius 2 is 2.05 bits per heavy atom. The number of hydrazone groups is 1. The zero-order chi connectivity index (χ0) is 15.7. The minimum Gasteiger partial charge on any atom is -0.508 e. The van der Waals surface area contributed by atoms with Crippen LogP contribution in [0.2, 0.25) is 0 Å². The molecule has 112 valence electrons. The topological polar surface area (TPSA) is 90.6 Å². The molecule has 0 aliphatic heterocycles. The SMILES string of the molecule is Cc1sc2ncnc(NN=Cc3ccc(O)cc3O)c2c1C. The Kier molecular flexibility index (Phi) is 3.64. The molecular weight excluding hydrogens is 300 g/mol. The Morgan fingerprint density at radius 1 is 1.23 bits per heavy atom. The van der Waals surface area contributed by atoms with Crippen molar-refractivity contribution in [3.63, 3.8) is 0 Å². The van der Waals surface area contributed by atoms with Crippen LogP contribution in [0.25, 0.3) is 10.2 Å². The van der Waals surface area contributed by atoms with Gasteiger partial charge >= 0.3 is 0 Å². The van der Waals surface area contributed by atoms with Crippen molar-refractivity contribution in [3.8, 4) is 11.5 Å². The summed E-state index contributed by atoms with van der Waals surface area (Å²) in [6, 6.07) is 4.32. The zero-order valence-electron chi connectivity index (χ0n) is 12.0. The molecule has 22 heavy (non-hydrogen) atoms. The number of anilines is 1. The van der Waals surface area contributed by atoms with Crippen molar-refractivity contribution < 1.29 is 10.2 Å². The Labute approximate surface area is 130 Å². The fourth-order valence-electron chi connectivity index (χ4n) is 2.07. The van der Waals surface area contributed by atoms with Gasteiger partial charge in [0.1, 0.15) is 22.7 Å². The van der Waals surface area contributed by atoms with Crippen LogP contribution in [0.1, 0.15) is 16.0 Å². The van der Waals surface area contributed by atoms with Crippen LogP contribution in [0.5, 0.6) is 11.5 Å². The first-order valence-corrected chi connectivity index (χ1v) is 7.39. The van der Waals surface area contributed by atoms with Crippen LogP contribution < -0.4 is 5.43 Å². The fourth-order valence-corrected chi connectivity index (χ4v) is 3.07. The van der Waals surface area contributed by atoms with Crippen LogP contribution in [0.15, 0.2) is 29.6 Å². The van der Waals surface area contributed by atoms with E-state index in [1.54, 1.807) is 17.4 Å². The number of nitrogens with one attached hydrogen (secondary N) is 1. The zero-order valence-corrected chi connectivity index (χ0v) is 12.8. The lowest BCUT2D eigenvalue weighted by molar-refractivity contribution is 0.450. The number of hydrogen-bond acceptors (Lipinski definition) is 7. The molecule has 0 bridgehead atoms. The van der Waals surface area contributed by atoms with Gasteiger partial charge in [-0.25, -0.2) is 9.97 Å². The third-order valence-corrected chi connectivity index (χ3v) is 4.47. The lowest BCUT2D eigenvalue weighted by Crippen LogP contribution is -1.95. The highest BCUT2D eigenvalue weighted by Crippen LogP contribution is 2.32. The van der Waals surface area contributed by atoms with Gasteiger partial charge in [0.05, 0.1) is 11.6 Å². The summed E-state index contributed by atoms with van der Waals surface area (Å²) in [5.41, 5.74) is 4.51. The van der Waals surface area contributed by atoms with Crippen molar-refractivity contribution in [2.75, 3.05) is 5.43 Å². The normalized spacial score (nSPS) is 11.4. The molecule has 2 aromatic heterocycles. The van der Waals surface area contributed by atoms with E-state index >= 15 is 0 Å². The van der Waals surface area contributed by atoms with Crippen LogP contribution >= 0.6 is 11.3 Å². The van der Waals surface area contributed by atoms with Gasteiger partial charge in [0, 0.05) is 16.5 Å². The molecule has 0 fully saturated rings. The number of thiophene rings is 1. The van der Waals surface area contributed by atoms with E-state index in [9.17, 15) is 10.2 Å². The maximum absolute atomic E-state index is 9.70. The molecule has 0 spiro atoms. The molecule has 0 saturated carbocycles. The van der Waals surface area contributed by atoms with E-state index in [0.717, 1.165) is 15.8 Å². The summed E-state index contributed by atoms with van der Waals surface area (Å²) in [6.07, 6.45) is 2.96. The van der Waals surface area contributed by atoms with E-state index in [0.29, 0.717) is 11.4 Å². The lowest BCUT2D eigenvalue weighted by atomic mass is 10.2. The number of phenols is 2. The molecule has 1 aromatic carbocycles. The van der Waals surface area contributed by atoms with Crippen LogP contribution in [0.4, 0.5) is 5.82 Å². The molecule has 6 nitrogen and oxygen atoms in total. The van der Waals surface area contributed by atoms with Gasteiger partial charge in [0.2, 0.25) is 0 Å². The number of nitrogens with zero attached hydrogens (tertiary/aromatic N) is 3. The maximum atomic E-state index is 9.70. The van der Waals surface area contributed by atoms with Gasteiger partial charge in [0.15, 0.2) is 5.82 Å². The van der Waals surface area contributed by atoms with Crippen LogP contribution in [-0.2, 0) is 0 Å². The van der Waals surface area contributed by atoms with Crippen molar-refractivity contribution in [2.24, 2.45) is 5.10 Å². The standard InChI is InChI=1S/C15H14N4O2S/c1-8-9(2)22-15-13(8)14(16-7-17-15)19-18-6-10-3-4-11(20)5-12(10)21/h3-7,20-21H,1-2H3,(H,16,17,19). The number of benzene rings is 1. The molecule has 7 heteroatoms. The predicted octanol–water partition coefficient (Wildman–Crippen LogP) is 3.17. The highest BCUT2D eigenvalue weighted by atomic mass is 32.1. The molecule has 3 aromatic rings. The van der Waals surface area contributed by atoms with Crippen molar-refractivity contribution in [1.82, 2.24) is 9.97 Å². The number of aryl methyl sites for hydroxylation is 2. The monoisotopic (exact) mass is 314 g/mol. The fraction of sp³-hybridized carbons (Fsp3) is 0.133. The smallest absolute Gasteiger partial charge is 0.158 e. The van der Waals surface area contributed by atoms with E-state index < -0.39 is 0 Å². The minimum atomic E-state index is -0.0408. The number of hydrogen-bond donors (Lipinski definition) is 3. The minimum absolute atomic E-state index is 0.00416. The highest BCUT2D eigenvalue weighted by molar-refractivity contribution is 7.18. The molecular formula is C15H14N4O2S. The first-order valence-electron chi connectivity index (χ1n) is 6.58. The van der Waals surface area contributed by atoms with E-state index in [2.05, 4.69) is 20.5 Å². The van der Waals surface area contributed by atoms with Gasteiger partial charge in [-0.1, -0.05) is 0 Å². The average Bonchev–Trinajstić information content (AvgIpc) is 2.77. The Morgan fingerprint density at radius 3 is 2.82 bits per heavy atom. The molecule has 0 aliphatic carbocycles. The number of aromatic nitrogens is 2. The van der Waals surface area contributed by atoms with Gasteiger partial charge in [-0.05, 0) is 31.5 Å². The quantitative estimate of drug-likeness (QED) is 0.510. The summed E-state index contributed by atoms with van der Waals surface area (Å²) in [7, 11) is 0. The second kappa shape index (κ2) is 5.61. The van der Waals surface area contributed by atoms with Gasteiger partial charge in [-0.15, -0.1) is 11.3 Å². The molecule has 0 unspecified atom stereocenters. The van der Waals surface area contributed by atoms with Crippen molar-refractivity contribution in [2.45, 2.75) is 13.8 Å². The van der Waals surface area contributed by atoms with Crippen molar-refractivity contribution in [3.05, 3.63) is 40.5 Å². The summed E-state index contributed by atoms with van der Waals surface area (Å²) in [6.45, 7) is 4.07. The summed E-state index contributed by atoms with van der Waals surface area (Å²) in [5.74, 6) is 0.590. The lowest BCUT2D eigenvalue weighted by Gasteiger charge is -2.02. The Hall–Kier alpha value is -2.67. The summed E-state index contributed by atoms with van der Waals surface area (Å²) in [5, 5.41) is 24.0. The number of fused-ring (bicyclic) bond motifs is 1.